The zero-order valence-electron chi connectivity index (χ0n) is 9.65. The summed E-state index contributed by atoms with van der Waals surface area (Å²) in [6.45, 7) is 2.24. The Balaban J connectivity index is 2.07. The molecule has 0 spiro atoms. The largest absolute Gasteiger partial charge is 0.443 e. The van der Waals surface area contributed by atoms with Crippen LogP contribution >= 0.6 is 11.3 Å². The van der Waals surface area contributed by atoms with Gasteiger partial charge in [0.1, 0.15) is 16.7 Å². The highest BCUT2D eigenvalue weighted by molar-refractivity contribution is 7.18. The predicted octanol–water partition coefficient (Wildman–Crippen LogP) is 1.94. The Kier molecular flexibility index (Phi) is 3.02. The van der Waals surface area contributed by atoms with Crippen LogP contribution in [0.5, 0.6) is 0 Å². The monoisotopic (exact) mass is 290 g/mol. The number of morpholine rings is 1. The van der Waals surface area contributed by atoms with Crippen LogP contribution in [0.1, 0.15) is 5.01 Å². The molecule has 3 heterocycles. The van der Waals surface area contributed by atoms with Gasteiger partial charge in [0.15, 0.2) is 5.82 Å². The van der Waals surface area contributed by atoms with E-state index in [-0.39, 0.29) is 10.3 Å². The first-order valence-corrected chi connectivity index (χ1v) is 6.39. The van der Waals surface area contributed by atoms with E-state index in [9.17, 15) is 13.2 Å². The second kappa shape index (κ2) is 4.57. The minimum atomic E-state index is -4.45. The van der Waals surface area contributed by atoms with E-state index in [0.29, 0.717) is 43.5 Å². The molecule has 0 N–H and O–H groups in total. The van der Waals surface area contributed by atoms with E-state index in [0.717, 1.165) is 0 Å². The molecule has 1 saturated heterocycles. The third-order valence-corrected chi connectivity index (χ3v) is 3.74. The van der Waals surface area contributed by atoms with Crippen molar-refractivity contribution in [3.8, 4) is 0 Å². The molecule has 0 atom stereocenters. The topological polar surface area (TPSA) is 51.1 Å². The smallest absolute Gasteiger partial charge is 0.378 e. The van der Waals surface area contributed by atoms with Gasteiger partial charge in [0.25, 0.3) is 0 Å². The molecule has 0 aliphatic carbocycles. The summed E-state index contributed by atoms with van der Waals surface area (Å²) >= 11 is 0.537. The molecule has 102 valence electrons. The minimum Gasteiger partial charge on any atom is -0.378 e. The summed E-state index contributed by atoms with van der Waals surface area (Å²) < 4.78 is 43.2. The van der Waals surface area contributed by atoms with Crippen molar-refractivity contribution in [2.45, 2.75) is 6.18 Å². The summed E-state index contributed by atoms with van der Waals surface area (Å²) in [5, 5.41) is -0.891. The van der Waals surface area contributed by atoms with Gasteiger partial charge in [-0.25, -0.2) is 15.0 Å². The number of hydrogen-bond donors (Lipinski definition) is 0. The van der Waals surface area contributed by atoms with Crippen molar-refractivity contribution in [2.75, 3.05) is 31.2 Å². The van der Waals surface area contributed by atoms with Crippen molar-refractivity contribution >= 4 is 27.5 Å². The third kappa shape index (κ3) is 2.35. The summed E-state index contributed by atoms with van der Waals surface area (Å²) in [5.74, 6) is 0.444. The van der Waals surface area contributed by atoms with E-state index < -0.39 is 11.2 Å². The molecule has 19 heavy (non-hydrogen) atoms. The molecule has 0 radical (unpaired) electrons. The number of ether oxygens (including phenoxy) is 1. The van der Waals surface area contributed by atoms with Crippen LogP contribution < -0.4 is 4.90 Å². The summed E-state index contributed by atoms with van der Waals surface area (Å²) in [4.78, 5) is 13.7. The molecule has 2 aromatic rings. The van der Waals surface area contributed by atoms with Crippen molar-refractivity contribution in [3.63, 3.8) is 0 Å². The summed E-state index contributed by atoms with van der Waals surface area (Å²) in [6, 6.07) is 0. The molecule has 1 aliphatic rings. The van der Waals surface area contributed by atoms with Gasteiger partial charge in [0.05, 0.1) is 13.2 Å². The van der Waals surface area contributed by atoms with Gasteiger partial charge in [-0.15, -0.1) is 0 Å². The van der Waals surface area contributed by atoms with Gasteiger partial charge in [0.2, 0.25) is 5.01 Å². The Morgan fingerprint density at radius 1 is 1.21 bits per heavy atom. The second-order valence-electron chi connectivity index (χ2n) is 3.97. The van der Waals surface area contributed by atoms with Crippen molar-refractivity contribution < 1.29 is 17.9 Å². The summed E-state index contributed by atoms with van der Waals surface area (Å²) in [7, 11) is 0. The molecule has 0 unspecified atom stereocenters. The van der Waals surface area contributed by atoms with Crippen molar-refractivity contribution in [2.24, 2.45) is 0 Å². The number of fused-ring (bicyclic) bond motifs is 1. The van der Waals surface area contributed by atoms with Crippen LogP contribution in [0.4, 0.5) is 19.0 Å². The van der Waals surface area contributed by atoms with Crippen LogP contribution in [0.25, 0.3) is 10.3 Å². The average Bonchev–Trinajstić information content (AvgIpc) is 2.83. The van der Waals surface area contributed by atoms with Crippen LogP contribution in [0.3, 0.4) is 0 Å². The Hall–Kier alpha value is -1.48. The maximum Gasteiger partial charge on any atom is 0.443 e. The van der Waals surface area contributed by atoms with Crippen molar-refractivity contribution in [1.29, 1.82) is 0 Å². The molecule has 0 bridgehead atoms. The van der Waals surface area contributed by atoms with Crippen molar-refractivity contribution in [3.05, 3.63) is 11.3 Å². The maximum atomic E-state index is 12.7. The van der Waals surface area contributed by atoms with Gasteiger partial charge < -0.3 is 9.64 Å². The highest BCUT2D eigenvalue weighted by Crippen LogP contribution is 2.36. The van der Waals surface area contributed by atoms with Crippen LogP contribution in [0, 0.1) is 0 Å². The standard InChI is InChI=1S/C10H9F3N4OS/c11-10(12,13)9-16-6-7(14-5-15-8(6)19-9)17-1-3-18-4-2-17/h5H,1-4H2. The molecule has 0 saturated carbocycles. The first-order valence-electron chi connectivity index (χ1n) is 5.57. The van der Waals surface area contributed by atoms with Crippen LogP contribution in [-0.2, 0) is 10.9 Å². The highest BCUT2D eigenvalue weighted by atomic mass is 32.1. The van der Waals surface area contributed by atoms with E-state index >= 15 is 0 Å². The molecule has 3 rings (SSSR count). The van der Waals surface area contributed by atoms with Gasteiger partial charge in [-0.1, -0.05) is 11.3 Å². The first-order chi connectivity index (χ1) is 9.05. The summed E-state index contributed by atoms with van der Waals surface area (Å²) in [6.07, 6.45) is -3.18. The van der Waals surface area contributed by atoms with Gasteiger partial charge >= 0.3 is 6.18 Å². The lowest BCUT2D eigenvalue weighted by molar-refractivity contribution is -0.137. The Morgan fingerprint density at radius 2 is 1.95 bits per heavy atom. The van der Waals surface area contributed by atoms with E-state index in [2.05, 4.69) is 15.0 Å². The first kappa shape index (κ1) is 12.5. The number of rotatable bonds is 1. The van der Waals surface area contributed by atoms with Gasteiger partial charge in [-0.05, 0) is 0 Å². The Bertz CT molecular complexity index is 594. The van der Waals surface area contributed by atoms with Gasteiger partial charge in [-0.3, -0.25) is 0 Å². The number of anilines is 1. The summed E-state index contributed by atoms with van der Waals surface area (Å²) in [5.41, 5.74) is 0.210. The van der Waals surface area contributed by atoms with Crippen molar-refractivity contribution in [1.82, 2.24) is 15.0 Å². The molecular weight excluding hydrogens is 281 g/mol. The lowest BCUT2D eigenvalue weighted by Crippen LogP contribution is -2.36. The number of nitrogens with zero attached hydrogens (tertiary/aromatic N) is 4. The van der Waals surface area contributed by atoms with Crippen LogP contribution in [0.15, 0.2) is 6.33 Å². The lowest BCUT2D eigenvalue weighted by Gasteiger charge is -2.27. The third-order valence-electron chi connectivity index (χ3n) is 2.73. The second-order valence-corrected chi connectivity index (χ2v) is 4.94. The van der Waals surface area contributed by atoms with Gasteiger partial charge in [0, 0.05) is 13.1 Å². The number of thiazole rings is 1. The number of halogens is 3. The van der Waals surface area contributed by atoms with E-state index in [4.69, 9.17) is 4.74 Å². The predicted molar refractivity (Wildman–Crippen MR) is 63.2 cm³/mol. The molecule has 1 aliphatic heterocycles. The van der Waals surface area contributed by atoms with Crippen LogP contribution in [0.2, 0.25) is 0 Å². The zero-order valence-corrected chi connectivity index (χ0v) is 10.5. The quantitative estimate of drug-likeness (QED) is 0.803. The fourth-order valence-electron chi connectivity index (χ4n) is 1.87. The van der Waals surface area contributed by atoms with Crippen LogP contribution in [-0.4, -0.2) is 41.3 Å². The SMILES string of the molecule is FC(F)(F)c1nc2c(N3CCOCC3)ncnc2s1. The Morgan fingerprint density at radius 3 is 2.63 bits per heavy atom. The molecule has 9 heteroatoms. The highest BCUT2D eigenvalue weighted by Gasteiger charge is 2.36. The minimum absolute atomic E-state index is 0.210. The van der Waals surface area contributed by atoms with Gasteiger partial charge in [-0.2, -0.15) is 13.2 Å². The van der Waals surface area contributed by atoms with E-state index in [1.807, 2.05) is 4.90 Å². The lowest BCUT2D eigenvalue weighted by atomic mass is 10.4. The fraction of sp³-hybridized carbons (Fsp3) is 0.500. The number of hydrogen-bond acceptors (Lipinski definition) is 6. The van der Waals surface area contributed by atoms with E-state index in [1.54, 1.807) is 0 Å². The molecule has 0 aromatic carbocycles. The zero-order chi connectivity index (χ0) is 13.5. The number of aromatic nitrogens is 3. The Labute approximate surface area is 110 Å². The molecule has 0 amide bonds. The maximum absolute atomic E-state index is 12.7. The molecular formula is C10H9F3N4OS. The molecule has 1 fully saturated rings. The average molecular weight is 290 g/mol. The fourth-order valence-corrected chi connectivity index (χ4v) is 2.64. The normalized spacial score (nSPS) is 17.1. The van der Waals surface area contributed by atoms with E-state index in [1.165, 1.54) is 6.33 Å². The molecule has 2 aromatic heterocycles. The molecule has 5 nitrogen and oxygen atoms in total. The number of alkyl halides is 3.